The average molecular weight is 345 g/mol. The third-order valence-corrected chi connectivity index (χ3v) is 3.98. The maximum absolute atomic E-state index is 11.9. The summed E-state index contributed by atoms with van der Waals surface area (Å²) in [5, 5.41) is 11.7. The van der Waals surface area contributed by atoms with Crippen molar-refractivity contribution in [3.8, 4) is 5.75 Å². The van der Waals surface area contributed by atoms with Crippen LogP contribution in [0.5, 0.6) is 5.75 Å². The fourth-order valence-electron chi connectivity index (χ4n) is 2.28. The number of fused-ring (bicyclic) bond motifs is 1. The van der Waals surface area contributed by atoms with Crippen LogP contribution >= 0.6 is 11.6 Å². The van der Waals surface area contributed by atoms with E-state index in [1.54, 1.807) is 18.2 Å². The van der Waals surface area contributed by atoms with E-state index < -0.39 is 0 Å². The number of aryl methyl sites for hydroxylation is 1. The molecular weight excluding hydrogens is 328 g/mol. The minimum absolute atomic E-state index is 0.0400. The van der Waals surface area contributed by atoms with Crippen molar-refractivity contribution < 1.29 is 9.53 Å². The van der Waals surface area contributed by atoms with E-state index in [2.05, 4.69) is 15.5 Å². The van der Waals surface area contributed by atoms with Crippen molar-refractivity contribution in [2.45, 2.75) is 13.3 Å². The third kappa shape index (κ3) is 3.83. The van der Waals surface area contributed by atoms with Crippen molar-refractivity contribution in [2.75, 3.05) is 13.2 Å². The molecule has 7 heteroatoms. The van der Waals surface area contributed by atoms with E-state index in [0.29, 0.717) is 23.7 Å². The summed E-state index contributed by atoms with van der Waals surface area (Å²) in [5.41, 5.74) is 1.70. The van der Waals surface area contributed by atoms with Crippen molar-refractivity contribution in [2.24, 2.45) is 0 Å². The van der Waals surface area contributed by atoms with Gasteiger partial charge >= 0.3 is 0 Å². The zero-order chi connectivity index (χ0) is 16.9. The summed E-state index contributed by atoms with van der Waals surface area (Å²) in [4.78, 5) is 11.9. The maximum atomic E-state index is 11.9. The number of nitrogens with zero attached hydrogens (tertiary/aromatic N) is 3. The Morgan fingerprint density at radius 3 is 3.00 bits per heavy atom. The molecule has 6 nitrogen and oxygen atoms in total. The lowest BCUT2D eigenvalue weighted by Crippen LogP contribution is -2.30. The highest BCUT2D eigenvalue weighted by Crippen LogP contribution is 2.20. The van der Waals surface area contributed by atoms with E-state index in [0.717, 1.165) is 17.0 Å². The van der Waals surface area contributed by atoms with Crippen molar-refractivity contribution in [1.82, 2.24) is 19.9 Å². The lowest BCUT2D eigenvalue weighted by molar-refractivity contribution is -0.123. The standard InChI is InChI=1S/C17H17ClN4O2/c1-12-10-13(5-6-14(12)18)24-11-17(23)19-8-7-16-21-20-15-4-2-3-9-22(15)16/h2-6,9-10H,7-8,11H2,1H3,(H,19,23). The second kappa shape index (κ2) is 7.31. The number of aromatic nitrogens is 3. The van der Waals surface area contributed by atoms with Gasteiger partial charge < -0.3 is 10.1 Å². The molecule has 0 saturated heterocycles. The fourth-order valence-corrected chi connectivity index (χ4v) is 2.40. The maximum Gasteiger partial charge on any atom is 0.257 e. The molecule has 0 aliphatic carbocycles. The SMILES string of the molecule is Cc1cc(OCC(=O)NCCc2nnc3ccccn23)ccc1Cl. The van der Waals surface area contributed by atoms with Gasteiger partial charge in [0.1, 0.15) is 11.6 Å². The van der Waals surface area contributed by atoms with Crippen LogP contribution in [0.2, 0.25) is 5.02 Å². The highest BCUT2D eigenvalue weighted by molar-refractivity contribution is 6.31. The first-order chi connectivity index (χ1) is 11.6. The van der Waals surface area contributed by atoms with Gasteiger partial charge in [-0.25, -0.2) is 0 Å². The molecule has 0 saturated carbocycles. The second-order valence-corrected chi connectivity index (χ2v) is 5.75. The Hall–Kier alpha value is -2.60. The Bertz CT molecular complexity index is 863. The highest BCUT2D eigenvalue weighted by atomic mass is 35.5. The van der Waals surface area contributed by atoms with Gasteiger partial charge in [0.15, 0.2) is 12.3 Å². The first-order valence-corrected chi connectivity index (χ1v) is 7.95. The molecule has 0 aliphatic rings. The van der Waals surface area contributed by atoms with E-state index in [4.69, 9.17) is 16.3 Å². The molecular formula is C17H17ClN4O2. The van der Waals surface area contributed by atoms with E-state index in [1.807, 2.05) is 35.7 Å². The van der Waals surface area contributed by atoms with E-state index in [9.17, 15) is 4.79 Å². The molecule has 1 N–H and O–H groups in total. The first kappa shape index (κ1) is 16.3. The van der Waals surface area contributed by atoms with Crippen LogP contribution < -0.4 is 10.1 Å². The third-order valence-electron chi connectivity index (χ3n) is 3.55. The van der Waals surface area contributed by atoms with Gasteiger partial charge in [-0.1, -0.05) is 17.7 Å². The number of hydrogen-bond acceptors (Lipinski definition) is 4. The van der Waals surface area contributed by atoms with Crippen LogP contribution in [0.15, 0.2) is 42.6 Å². The summed E-state index contributed by atoms with van der Waals surface area (Å²) in [7, 11) is 0. The molecule has 24 heavy (non-hydrogen) atoms. The number of benzene rings is 1. The van der Waals surface area contributed by atoms with Crippen LogP contribution in [0, 0.1) is 6.92 Å². The molecule has 0 fully saturated rings. The minimum Gasteiger partial charge on any atom is -0.484 e. The van der Waals surface area contributed by atoms with Crippen LogP contribution in [0.4, 0.5) is 0 Å². The number of pyridine rings is 1. The summed E-state index contributed by atoms with van der Waals surface area (Å²) in [6.07, 6.45) is 2.50. The lowest BCUT2D eigenvalue weighted by Gasteiger charge is -2.08. The van der Waals surface area contributed by atoms with Crippen LogP contribution in [-0.2, 0) is 11.2 Å². The minimum atomic E-state index is -0.184. The van der Waals surface area contributed by atoms with E-state index in [1.165, 1.54) is 0 Å². The Morgan fingerprint density at radius 2 is 2.17 bits per heavy atom. The first-order valence-electron chi connectivity index (χ1n) is 7.58. The predicted molar refractivity (Wildman–Crippen MR) is 91.4 cm³/mol. The number of nitrogens with one attached hydrogen (secondary N) is 1. The molecule has 0 radical (unpaired) electrons. The van der Waals surface area contributed by atoms with Gasteiger partial charge in [-0.15, -0.1) is 10.2 Å². The molecule has 3 rings (SSSR count). The van der Waals surface area contributed by atoms with Gasteiger partial charge in [0, 0.05) is 24.2 Å². The van der Waals surface area contributed by atoms with Crippen molar-refractivity contribution >= 4 is 23.2 Å². The molecule has 0 aliphatic heterocycles. The van der Waals surface area contributed by atoms with Gasteiger partial charge in [-0.2, -0.15) is 0 Å². The second-order valence-electron chi connectivity index (χ2n) is 5.34. The zero-order valence-corrected chi connectivity index (χ0v) is 14.0. The van der Waals surface area contributed by atoms with Crippen molar-refractivity contribution in [1.29, 1.82) is 0 Å². The molecule has 0 unspecified atom stereocenters. The molecule has 1 aromatic carbocycles. The Morgan fingerprint density at radius 1 is 1.29 bits per heavy atom. The van der Waals surface area contributed by atoms with Crippen LogP contribution in [0.1, 0.15) is 11.4 Å². The van der Waals surface area contributed by atoms with Gasteiger partial charge in [-0.05, 0) is 42.8 Å². The lowest BCUT2D eigenvalue weighted by atomic mass is 10.2. The number of carbonyl (C=O) groups is 1. The van der Waals surface area contributed by atoms with Gasteiger partial charge in [-0.3, -0.25) is 9.20 Å². The molecule has 0 spiro atoms. The van der Waals surface area contributed by atoms with Gasteiger partial charge in [0.05, 0.1) is 0 Å². The predicted octanol–water partition coefficient (Wildman–Crippen LogP) is 2.43. The summed E-state index contributed by atoms with van der Waals surface area (Å²) in [6.45, 7) is 2.32. The monoisotopic (exact) mass is 344 g/mol. The number of hydrogen-bond donors (Lipinski definition) is 1. The number of carbonyl (C=O) groups excluding carboxylic acids is 1. The molecule has 124 valence electrons. The number of rotatable bonds is 6. The van der Waals surface area contributed by atoms with Crippen LogP contribution in [0.25, 0.3) is 5.65 Å². The molecule has 2 aromatic heterocycles. The number of halogens is 1. The molecule has 1 amide bonds. The van der Waals surface area contributed by atoms with Crippen LogP contribution in [-0.4, -0.2) is 33.7 Å². The van der Waals surface area contributed by atoms with Crippen molar-refractivity contribution in [3.63, 3.8) is 0 Å². The van der Waals surface area contributed by atoms with Gasteiger partial charge in [0.2, 0.25) is 0 Å². The number of ether oxygens (including phenoxy) is 1. The smallest absolute Gasteiger partial charge is 0.257 e. The normalized spacial score (nSPS) is 10.8. The summed E-state index contributed by atoms with van der Waals surface area (Å²) in [6, 6.07) is 11.0. The zero-order valence-electron chi connectivity index (χ0n) is 13.2. The average Bonchev–Trinajstić information content (AvgIpc) is 2.99. The molecule has 3 aromatic rings. The Kier molecular flexibility index (Phi) is 4.96. The van der Waals surface area contributed by atoms with Crippen LogP contribution in [0.3, 0.4) is 0 Å². The van der Waals surface area contributed by atoms with E-state index in [-0.39, 0.29) is 12.5 Å². The molecule has 0 atom stereocenters. The Balaban J connectivity index is 1.46. The fraction of sp³-hybridized carbons (Fsp3) is 0.235. The number of amides is 1. The summed E-state index contributed by atoms with van der Waals surface area (Å²) in [5.74, 6) is 1.24. The molecule has 0 bridgehead atoms. The van der Waals surface area contributed by atoms with Gasteiger partial charge in [0.25, 0.3) is 5.91 Å². The summed E-state index contributed by atoms with van der Waals surface area (Å²) >= 11 is 5.95. The van der Waals surface area contributed by atoms with E-state index >= 15 is 0 Å². The highest BCUT2D eigenvalue weighted by Gasteiger charge is 2.07. The van der Waals surface area contributed by atoms with Crippen molar-refractivity contribution in [3.05, 3.63) is 59.0 Å². The molecule has 2 heterocycles. The quantitative estimate of drug-likeness (QED) is 0.745. The largest absolute Gasteiger partial charge is 0.484 e. The Labute approximate surface area is 144 Å². The topological polar surface area (TPSA) is 68.5 Å². The summed E-state index contributed by atoms with van der Waals surface area (Å²) < 4.78 is 7.36.